The largest absolute Gasteiger partial charge is 0.493 e. The molecular formula is C24H30ClN3O7S. The number of likely N-dealkylation sites (N-methyl/N-ethyl adjacent to an activating group) is 1. The van der Waals surface area contributed by atoms with E-state index in [0.717, 1.165) is 11.2 Å². The van der Waals surface area contributed by atoms with Crippen LogP contribution in [0.25, 0.3) is 0 Å². The zero-order chi connectivity index (χ0) is 26.1. The highest BCUT2D eigenvalue weighted by Gasteiger charge is 2.44. The molecule has 1 aliphatic heterocycles. The van der Waals surface area contributed by atoms with Gasteiger partial charge in [-0.05, 0) is 50.3 Å². The Morgan fingerprint density at radius 2 is 1.78 bits per heavy atom. The monoisotopic (exact) mass is 539 g/mol. The summed E-state index contributed by atoms with van der Waals surface area (Å²) in [6.45, 7) is 2.11. The number of benzene rings is 2. The first kappa shape index (κ1) is 29.1. The third-order valence-corrected chi connectivity index (χ3v) is 6.62. The van der Waals surface area contributed by atoms with Gasteiger partial charge in [-0.2, -0.15) is 0 Å². The van der Waals surface area contributed by atoms with Crippen molar-refractivity contribution < 1.29 is 32.3 Å². The van der Waals surface area contributed by atoms with Crippen molar-refractivity contribution in [2.24, 2.45) is 5.73 Å². The standard InChI is InChI=1S/C24H29N3O7S.ClH/c1-6-34-19-12-14(10-11-18(19)33-4)17(13-35(5,31)32)27-23(29)16-9-7-8-15(20(16)24(27)30)21(22(25)28)26(2)3;/h7-12,17,21H,6,13H2,1-5H3,(H2,25,28);1H/t17-,21?;/m0./s1. The molecule has 3 amide bonds. The number of carbonyl (C=O) groups is 3. The fraction of sp³-hybridized carbons (Fsp3) is 0.375. The van der Waals surface area contributed by atoms with Crippen LogP contribution in [0.2, 0.25) is 0 Å². The number of primary amides is 1. The van der Waals surface area contributed by atoms with Crippen LogP contribution >= 0.6 is 12.4 Å². The minimum atomic E-state index is -3.64. The molecule has 2 atom stereocenters. The topological polar surface area (TPSA) is 136 Å². The zero-order valence-corrected chi connectivity index (χ0v) is 22.3. The number of nitrogens with two attached hydrogens (primary N) is 1. The van der Waals surface area contributed by atoms with Crippen LogP contribution in [0, 0.1) is 0 Å². The second kappa shape index (κ2) is 11.3. The van der Waals surface area contributed by atoms with Crippen LogP contribution in [0.5, 0.6) is 11.5 Å². The summed E-state index contributed by atoms with van der Waals surface area (Å²) in [6.07, 6.45) is 1.03. The van der Waals surface area contributed by atoms with Crippen molar-refractivity contribution in [3.63, 3.8) is 0 Å². The van der Waals surface area contributed by atoms with Crippen LogP contribution in [0.15, 0.2) is 36.4 Å². The summed E-state index contributed by atoms with van der Waals surface area (Å²) in [7, 11) is 1.10. The average Bonchev–Trinajstić information content (AvgIpc) is 3.02. The summed E-state index contributed by atoms with van der Waals surface area (Å²) in [5.41, 5.74) is 6.37. The Hall–Kier alpha value is -3.15. The molecule has 1 unspecified atom stereocenters. The third-order valence-electron chi connectivity index (χ3n) is 5.70. The Kier molecular flexibility index (Phi) is 9.11. The van der Waals surface area contributed by atoms with Crippen LogP contribution in [0.4, 0.5) is 0 Å². The number of sulfone groups is 1. The van der Waals surface area contributed by atoms with Gasteiger partial charge in [0.05, 0.1) is 36.6 Å². The molecule has 0 bridgehead atoms. The van der Waals surface area contributed by atoms with E-state index in [1.165, 1.54) is 13.2 Å². The Balaban J connectivity index is 0.00000456. The first-order chi connectivity index (χ1) is 16.4. The highest BCUT2D eigenvalue weighted by atomic mass is 35.5. The van der Waals surface area contributed by atoms with Gasteiger partial charge in [-0.15, -0.1) is 12.4 Å². The van der Waals surface area contributed by atoms with Gasteiger partial charge in [0.15, 0.2) is 11.5 Å². The maximum atomic E-state index is 13.7. The number of methoxy groups -OCH3 is 1. The lowest BCUT2D eigenvalue weighted by atomic mass is 9.96. The number of hydrogen-bond donors (Lipinski definition) is 1. The van der Waals surface area contributed by atoms with Crippen molar-refractivity contribution >= 4 is 40.0 Å². The lowest BCUT2D eigenvalue weighted by molar-refractivity contribution is -0.122. The van der Waals surface area contributed by atoms with E-state index in [4.69, 9.17) is 15.2 Å². The van der Waals surface area contributed by atoms with Crippen LogP contribution in [0.1, 0.15) is 50.9 Å². The Labute approximate surface area is 216 Å². The molecular weight excluding hydrogens is 510 g/mol. The SMILES string of the molecule is CCOc1cc([C@H](CS(C)(=O)=O)N2C(=O)c3cccc(C(C(N)=O)N(C)C)c3C2=O)ccc1OC.Cl. The Morgan fingerprint density at radius 3 is 2.31 bits per heavy atom. The zero-order valence-electron chi connectivity index (χ0n) is 20.7. The van der Waals surface area contributed by atoms with Crippen LogP contribution in [0.3, 0.4) is 0 Å². The summed E-state index contributed by atoms with van der Waals surface area (Å²) in [5.74, 6) is -1.77. The van der Waals surface area contributed by atoms with Crippen molar-refractivity contribution in [2.45, 2.75) is 19.0 Å². The number of fused-ring (bicyclic) bond motifs is 1. The van der Waals surface area contributed by atoms with E-state index in [9.17, 15) is 22.8 Å². The summed E-state index contributed by atoms with van der Waals surface area (Å²) in [6, 6.07) is 7.26. The minimum Gasteiger partial charge on any atom is -0.493 e. The van der Waals surface area contributed by atoms with E-state index in [1.807, 2.05) is 0 Å². The molecule has 10 nitrogen and oxygen atoms in total. The highest BCUT2D eigenvalue weighted by Crippen LogP contribution is 2.39. The molecule has 0 aliphatic carbocycles. The number of rotatable bonds is 10. The van der Waals surface area contributed by atoms with Gasteiger partial charge < -0.3 is 15.2 Å². The maximum absolute atomic E-state index is 13.7. The van der Waals surface area contributed by atoms with Crippen molar-refractivity contribution in [1.29, 1.82) is 0 Å². The average molecular weight is 540 g/mol. The van der Waals surface area contributed by atoms with Gasteiger partial charge in [0.2, 0.25) is 5.91 Å². The van der Waals surface area contributed by atoms with Gasteiger partial charge >= 0.3 is 0 Å². The summed E-state index contributed by atoms with van der Waals surface area (Å²) in [4.78, 5) is 41.8. The second-order valence-corrected chi connectivity index (χ2v) is 10.7. The first-order valence-corrected chi connectivity index (χ1v) is 12.9. The van der Waals surface area contributed by atoms with Crippen molar-refractivity contribution in [3.8, 4) is 11.5 Å². The number of halogens is 1. The van der Waals surface area contributed by atoms with E-state index in [1.54, 1.807) is 56.3 Å². The van der Waals surface area contributed by atoms with E-state index >= 15 is 0 Å². The molecule has 2 aromatic rings. The van der Waals surface area contributed by atoms with Gasteiger partial charge in [-0.1, -0.05) is 18.2 Å². The number of imide groups is 1. The third kappa shape index (κ3) is 5.63. The fourth-order valence-electron chi connectivity index (χ4n) is 4.30. The molecule has 1 aliphatic rings. The summed E-state index contributed by atoms with van der Waals surface area (Å²) in [5, 5.41) is 0. The first-order valence-electron chi connectivity index (χ1n) is 10.9. The molecule has 1 heterocycles. The molecule has 2 aromatic carbocycles. The van der Waals surface area contributed by atoms with Crippen molar-refractivity contribution in [3.05, 3.63) is 58.7 Å². The number of hydrogen-bond acceptors (Lipinski definition) is 8. The fourth-order valence-corrected chi connectivity index (χ4v) is 5.22. The highest BCUT2D eigenvalue weighted by molar-refractivity contribution is 7.90. The van der Waals surface area contributed by atoms with E-state index in [-0.39, 0.29) is 29.1 Å². The predicted molar refractivity (Wildman–Crippen MR) is 136 cm³/mol. The normalized spacial score (nSPS) is 14.8. The molecule has 12 heteroatoms. The predicted octanol–water partition coefficient (Wildman–Crippen LogP) is 1.99. The summed E-state index contributed by atoms with van der Waals surface area (Å²) < 4.78 is 35.7. The lowest BCUT2D eigenvalue weighted by Gasteiger charge is -2.27. The maximum Gasteiger partial charge on any atom is 0.262 e. The van der Waals surface area contributed by atoms with Gasteiger partial charge in [-0.25, -0.2) is 8.42 Å². The second-order valence-electron chi connectivity index (χ2n) is 8.47. The number of amides is 3. The van der Waals surface area contributed by atoms with E-state index in [2.05, 4.69) is 0 Å². The molecule has 0 saturated carbocycles. The quantitative estimate of drug-likeness (QED) is 0.453. The molecule has 2 N–H and O–H groups in total. The van der Waals surface area contributed by atoms with Gasteiger partial charge in [0, 0.05) is 6.26 Å². The molecule has 36 heavy (non-hydrogen) atoms. The Bertz CT molecular complexity index is 1280. The molecule has 3 rings (SSSR count). The van der Waals surface area contributed by atoms with Crippen molar-refractivity contribution in [1.82, 2.24) is 9.80 Å². The smallest absolute Gasteiger partial charge is 0.262 e. The molecule has 0 radical (unpaired) electrons. The van der Waals surface area contributed by atoms with Gasteiger partial charge in [0.25, 0.3) is 11.8 Å². The van der Waals surface area contributed by atoms with Crippen LogP contribution < -0.4 is 15.2 Å². The van der Waals surface area contributed by atoms with Gasteiger partial charge in [-0.3, -0.25) is 24.2 Å². The molecule has 0 aromatic heterocycles. The van der Waals surface area contributed by atoms with Crippen LogP contribution in [-0.4, -0.2) is 75.8 Å². The minimum absolute atomic E-state index is 0. The molecule has 0 saturated heterocycles. The molecule has 196 valence electrons. The van der Waals surface area contributed by atoms with Gasteiger partial charge in [0.1, 0.15) is 15.9 Å². The van der Waals surface area contributed by atoms with Crippen LogP contribution in [-0.2, 0) is 14.6 Å². The molecule has 0 fully saturated rings. The number of carbonyl (C=O) groups excluding carboxylic acids is 3. The van der Waals surface area contributed by atoms with E-state index < -0.39 is 45.4 Å². The molecule has 0 spiro atoms. The summed E-state index contributed by atoms with van der Waals surface area (Å²) >= 11 is 0. The lowest BCUT2D eigenvalue weighted by Crippen LogP contribution is -2.38. The number of ether oxygens (including phenoxy) is 2. The Morgan fingerprint density at radius 1 is 1.11 bits per heavy atom. The van der Waals surface area contributed by atoms with Crippen molar-refractivity contribution in [2.75, 3.05) is 39.8 Å². The van der Waals surface area contributed by atoms with E-state index in [0.29, 0.717) is 23.7 Å². The number of nitrogens with zero attached hydrogens (tertiary/aromatic N) is 2.